The van der Waals surface area contributed by atoms with Gasteiger partial charge in [0, 0.05) is 17.2 Å². The van der Waals surface area contributed by atoms with Gasteiger partial charge in [-0.3, -0.25) is 0 Å². The van der Waals surface area contributed by atoms with Crippen LogP contribution in [0, 0.1) is 30.2 Å². The molecular formula is C14H11F4N. The Hall–Kier alpha value is -1.88. The predicted octanol–water partition coefficient (Wildman–Crippen LogP) is 3.60. The third-order valence-electron chi connectivity index (χ3n) is 2.87. The molecule has 0 aliphatic heterocycles. The van der Waals surface area contributed by atoms with Crippen LogP contribution in [0.2, 0.25) is 0 Å². The van der Waals surface area contributed by atoms with Crippen molar-refractivity contribution in [3.63, 3.8) is 0 Å². The van der Waals surface area contributed by atoms with E-state index in [4.69, 9.17) is 5.73 Å². The summed E-state index contributed by atoms with van der Waals surface area (Å²) in [6, 6.07) is 4.10. The molecule has 2 aromatic carbocycles. The lowest BCUT2D eigenvalue weighted by atomic mass is 9.97. The summed E-state index contributed by atoms with van der Waals surface area (Å²) in [5.41, 5.74) is 6.13. The highest BCUT2D eigenvalue weighted by Crippen LogP contribution is 2.26. The third kappa shape index (κ3) is 2.61. The van der Waals surface area contributed by atoms with Gasteiger partial charge in [-0.1, -0.05) is 12.1 Å². The van der Waals surface area contributed by atoms with E-state index in [1.807, 2.05) is 0 Å². The van der Waals surface area contributed by atoms with Crippen molar-refractivity contribution in [2.45, 2.75) is 13.0 Å². The fraction of sp³-hybridized carbons (Fsp3) is 0.143. The van der Waals surface area contributed by atoms with Crippen LogP contribution in [0.15, 0.2) is 30.3 Å². The number of hydrogen-bond acceptors (Lipinski definition) is 1. The van der Waals surface area contributed by atoms with Crippen molar-refractivity contribution in [3.05, 3.63) is 70.3 Å². The van der Waals surface area contributed by atoms with Gasteiger partial charge < -0.3 is 5.73 Å². The van der Waals surface area contributed by atoms with E-state index in [1.54, 1.807) is 13.0 Å². The second-order valence-electron chi connectivity index (χ2n) is 4.29. The Balaban J connectivity index is 2.49. The lowest BCUT2D eigenvalue weighted by molar-refractivity contribution is 0.486. The summed E-state index contributed by atoms with van der Waals surface area (Å²) < 4.78 is 53.2. The maximum absolute atomic E-state index is 13.7. The number of aryl methyl sites for hydroxylation is 1. The van der Waals surface area contributed by atoms with Crippen LogP contribution < -0.4 is 5.73 Å². The summed E-state index contributed by atoms with van der Waals surface area (Å²) >= 11 is 0. The van der Waals surface area contributed by atoms with Crippen LogP contribution in [0.3, 0.4) is 0 Å². The predicted molar refractivity (Wildman–Crippen MR) is 63.5 cm³/mol. The van der Waals surface area contributed by atoms with Crippen LogP contribution in [-0.4, -0.2) is 0 Å². The third-order valence-corrected chi connectivity index (χ3v) is 2.87. The van der Waals surface area contributed by atoms with Gasteiger partial charge in [0.15, 0.2) is 11.6 Å². The van der Waals surface area contributed by atoms with Gasteiger partial charge in [-0.15, -0.1) is 0 Å². The van der Waals surface area contributed by atoms with Gasteiger partial charge in [-0.2, -0.15) is 0 Å². The molecule has 0 radical (unpaired) electrons. The normalized spacial score (nSPS) is 12.5. The summed E-state index contributed by atoms with van der Waals surface area (Å²) in [5.74, 6) is -4.15. The second kappa shape index (κ2) is 5.01. The highest BCUT2D eigenvalue weighted by atomic mass is 19.2. The summed E-state index contributed by atoms with van der Waals surface area (Å²) in [6.45, 7) is 1.69. The van der Waals surface area contributed by atoms with Crippen molar-refractivity contribution in [2.75, 3.05) is 0 Å². The van der Waals surface area contributed by atoms with E-state index in [9.17, 15) is 17.6 Å². The Kier molecular flexibility index (Phi) is 3.57. The Morgan fingerprint density at radius 1 is 0.789 bits per heavy atom. The van der Waals surface area contributed by atoms with Crippen molar-refractivity contribution in [3.8, 4) is 0 Å². The molecule has 0 bridgehead atoms. The average molecular weight is 269 g/mol. The first-order valence-corrected chi connectivity index (χ1v) is 5.56. The van der Waals surface area contributed by atoms with Crippen molar-refractivity contribution in [1.82, 2.24) is 0 Å². The number of rotatable bonds is 2. The van der Waals surface area contributed by atoms with Gasteiger partial charge in [0.2, 0.25) is 0 Å². The van der Waals surface area contributed by atoms with Gasteiger partial charge in [-0.05, 0) is 24.6 Å². The van der Waals surface area contributed by atoms with Crippen molar-refractivity contribution in [2.24, 2.45) is 5.73 Å². The van der Waals surface area contributed by atoms with Gasteiger partial charge in [0.1, 0.15) is 11.6 Å². The minimum Gasteiger partial charge on any atom is -0.320 e. The molecule has 0 amide bonds. The van der Waals surface area contributed by atoms with Crippen LogP contribution in [-0.2, 0) is 0 Å². The summed E-state index contributed by atoms with van der Waals surface area (Å²) in [6.07, 6.45) is 0. The molecule has 0 saturated carbocycles. The molecule has 100 valence electrons. The van der Waals surface area contributed by atoms with Gasteiger partial charge in [0.05, 0.1) is 6.04 Å². The lowest BCUT2D eigenvalue weighted by Crippen LogP contribution is -2.16. The van der Waals surface area contributed by atoms with Crippen molar-refractivity contribution in [1.29, 1.82) is 0 Å². The molecule has 0 saturated heterocycles. The molecule has 0 spiro atoms. The average Bonchev–Trinajstić information content (AvgIpc) is 2.33. The minimum absolute atomic E-state index is 0.0236. The molecule has 2 N–H and O–H groups in total. The molecule has 1 nitrogen and oxygen atoms in total. The fourth-order valence-electron chi connectivity index (χ4n) is 1.83. The van der Waals surface area contributed by atoms with Gasteiger partial charge in [-0.25, -0.2) is 17.6 Å². The van der Waals surface area contributed by atoms with E-state index in [-0.39, 0.29) is 11.1 Å². The number of hydrogen-bond donors (Lipinski definition) is 1. The van der Waals surface area contributed by atoms with Crippen molar-refractivity contribution < 1.29 is 17.6 Å². The van der Waals surface area contributed by atoms with E-state index >= 15 is 0 Å². The Labute approximate surface area is 107 Å². The van der Waals surface area contributed by atoms with Crippen molar-refractivity contribution >= 4 is 0 Å². The molecule has 0 aromatic heterocycles. The van der Waals surface area contributed by atoms with Crippen LogP contribution in [0.4, 0.5) is 17.6 Å². The molecular weight excluding hydrogens is 258 g/mol. The largest absolute Gasteiger partial charge is 0.320 e. The zero-order chi connectivity index (χ0) is 14.2. The summed E-state index contributed by atoms with van der Waals surface area (Å²) in [5, 5.41) is 0. The molecule has 0 fully saturated rings. The first kappa shape index (κ1) is 13.5. The molecule has 2 aromatic rings. The molecule has 0 heterocycles. The number of halogens is 4. The van der Waals surface area contributed by atoms with Crippen LogP contribution >= 0.6 is 0 Å². The van der Waals surface area contributed by atoms with E-state index in [0.29, 0.717) is 17.7 Å². The quantitative estimate of drug-likeness (QED) is 0.654. The molecule has 1 atom stereocenters. The first-order chi connectivity index (χ1) is 8.90. The van der Waals surface area contributed by atoms with E-state index in [1.165, 1.54) is 12.1 Å². The zero-order valence-corrected chi connectivity index (χ0v) is 10.1. The van der Waals surface area contributed by atoms with E-state index in [0.717, 1.165) is 0 Å². The fourth-order valence-corrected chi connectivity index (χ4v) is 1.83. The van der Waals surface area contributed by atoms with Crippen LogP contribution in [0.5, 0.6) is 0 Å². The molecule has 5 heteroatoms. The molecule has 2 rings (SSSR count). The molecule has 1 unspecified atom stereocenters. The maximum atomic E-state index is 13.7. The van der Waals surface area contributed by atoms with E-state index in [2.05, 4.69) is 0 Å². The number of nitrogens with two attached hydrogens (primary N) is 1. The molecule has 0 aliphatic rings. The van der Waals surface area contributed by atoms with Crippen LogP contribution in [0.25, 0.3) is 0 Å². The first-order valence-electron chi connectivity index (χ1n) is 5.56. The highest BCUT2D eigenvalue weighted by molar-refractivity contribution is 5.35. The zero-order valence-electron chi connectivity index (χ0n) is 10.1. The Bertz CT molecular complexity index is 625. The summed E-state index contributed by atoms with van der Waals surface area (Å²) in [4.78, 5) is 0. The minimum atomic E-state index is -1.31. The van der Waals surface area contributed by atoms with Crippen LogP contribution in [0.1, 0.15) is 22.7 Å². The standard InChI is InChI=1S/C14H11F4N/c1-7-2-3-8(10(15)4-7)14(19)9-5-12(17)13(18)6-11(9)16/h2-6,14H,19H2,1H3. The second-order valence-corrected chi connectivity index (χ2v) is 4.29. The van der Waals surface area contributed by atoms with E-state index < -0.39 is 29.3 Å². The lowest BCUT2D eigenvalue weighted by Gasteiger charge is -2.15. The van der Waals surface area contributed by atoms with Gasteiger partial charge in [0.25, 0.3) is 0 Å². The smallest absolute Gasteiger partial charge is 0.161 e. The summed E-state index contributed by atoms with van der Waals surface area (Å²) in [7, 11) is 0. The number of benzene rings is 2. The topological polar surface area (TPSA) is 26.0 Å². The Morgan fingerprint density at radius 2 is 1.37 bits per heavy atom. The monoisotopic (exact) mass is 269 g/mol. The Morgan fingerprint density at radius 3 is 2.00 bits per heavy atom. The molecule has 0 aliphatic carbocycles. The van der Waals surface area contributed by atoms with Gasteiger partial charge >= 0.3 is 0 Å². The highest BCUT2D eigenvalue weighted by Gasteiger charge is 2.19. The molecule has 19 heavy (non-hydrogen) atoms. The maximum Gasteiger partial charge on any atom is 0.161 e. The SMILES string of the molecule is Cc1ccc(C(N)c2cc(F)c(F)cc2F)c(F)c1.